The predicted molar refractivity (Wildman–Crippen MR) is 166 cm³/mol. The smallest absolute Gasteiger partial charge is 0.317 e. The van der Waals surface area contributed by atoms with Crippen molar-refractivity contribution in [3.8, 4) is 0 Å². The van der Waals surface area contributed by atoms with Crippen LogP contribution in [0.2, 0.25) is 0 Å². The highest BCUT2D eigenvalue weighted by molar-refractivity contribution is 7.87. The second kappa shape index (κ2) is 13.6. The molecule has 8 atom stereocenters. The van der Waals surface area contributed by atoms with Crippen molar-refractivity contribution in [3.63, 3.8) is 0 Å². The minimum absolute atomic E-state index is 0.0623. The van der Waals surface area contributed by atoms with Crippen LogP contribution < -0.4 is 22.4 Å². The SMILES string of the molecule is Cc1ccc(S(=O)(=O)ONC(=O)C2C3C=CC(C3)C2C(N)=O)cc1.Cc1ccc(S(=O)(=O)ONC(=O)C2C3C=CC(O3)C2C(N)=O)cc1. The van der Waals surface area contributed by atoms with Crippen molar-refractivity contribution in [2.24, 2.45) is 47.0 Å². The zero-order valence-corrected chi connectivity index (χ0v) is 27.3. The zero-order valence-electron chi connectivity index (χ0n) is 25.7. The molecule has 6 N–H and O–H groups in total. The molecule has 4 amide bonds. The number of nitrogens with one attached hydrogen (secondary N) is 2. The number of benzene rings is 2. The first-order chi connectivity index (χ1) is 22.6. The van der Waals surface area contributed by atoms with Gasteiger partial charge in [0.25, 0.3) is 5.91 Å². The zero-order chi connectivity index (χ0) is 35.0. The number of hydroxylamine groups is 2. The molecule has 17 heteroatoms. The molecule has 2 aromatic carbocycles. The van der Waals surface area contributed by atoms with Crippen molar-refractivity contribution in [1.82, 2.24) is 11.0 Å². The highest BCUT2D eigenvalue weighted by Crippen LogP contribution is 2.48. The summed E-state index contributed by atoms with van der Waals surface area (Å²) >= 11 is 0. The van der Waals surface area contributed by atoms with Crippen molar-refractivity contribution in [2.45, 2.75) is 42.3 Å². The average molecular weight is 703 g/mol. The van der Waals surface area contributed by atoms with E-state index in [4.69, 9.17) is 16.2 Å². The van der Waals surface area contributed by atoms with Crippen LogP contribution in [0.25, 0.3) is 0 Å². The molecule has 2 aromatic rings. The van der Waals surface area contributed by atoms with Gasteiger partial charge in [-0.15, -0.1) is 8.57 Å². The van der Waals surface area contributed by atoms with Crippen LogP contribution >= 0.6 is 0 Å². The Hall–Kier alpha value is -4.42. The van der Waals surface area contributed by atoms with Gasteiger partial charge >= 0.3 is 20.2 Å². The van der Waals surface area contributed by atoms with E-state index in [-0.39, 0.29) is 21.6 Å². The maximum atomic E-state index is 12.3. The van der Waals surface area contributed by atoms with Gasteiger partial charge in [0.15, 0.2) is 0 Å². The Kier molecular flexibility index (Phi) is 9.89. The molecule has 8 unspecified atom stereocenters. The second-order valence-corrected chi connectivity index (χ2v) is 15.0. The number of hydrogen-bond donors (Lipinski definition) is 4. The van der Waals surface area contributed by atoms with Gasteiger partial charge in [0.1, 0.15) is 0 Å². The van der Waals surface area contributed by atoms with Crippen LogP contribution in [0, 0.1) is 49.4 Å². The van der Waals surface area contributed by atoms with Gasteiger partial charge in [-0.3, -0.25) is 19.2 Å². The van der Waals surface area contributed by atoms with E-state index in [0.717, 1.165) is 11.1 Å². The standard InChI is InChI=1S/C16H18N2O5S.C15H16N2O6S/c1-9-2-6-12(7-3-9)24(21,22)23-18-16(20)14-11-5-4-10(8-11)13(14)15(17)19;1-8-2-4-9(5-3-8)24(20,21)23-17-15(19)13-11-7-6-10(22-11)12(13)14(16)18/h2-7,10-11,13-14H,8H2,1H3,(H2,17,19)(H,18,20);2-7,10-13H,1H3,(H2,16,18)(H,17,19). The molecule has 1 saturated heterocycles. The number of rotatable bonds is 10. The van der Waals surface area contributed by atoms with Gasteiger partial charge in [-0.1, -0.05) is 59.7 Å². The van der Waals surface area contributed by atoms with Gasteiger partial charge in [-0.05, 0) is 56.4 Å². The molecule has 2 aliphatic heterocycles. The molecule has 2 fully saturated rings. The number of primary amides is 2. The Bertz CT molecular complexity index is 1740. The number of nitrogens with two attached hydrogens (primary N) is 2. The summed E-state index contributed by atoms with van der Waals surface area (Å²) in [4.78, 5) is 47.6. The van der Waals surface area contributed by atoms with Crippen LogP contribution in [0.5, 0.6) is 0 Å². The molecule has 4 aliphatic rings. The average Bonchev–Trinajstić information content (AvgIpc) is 3.85. The summed E-state index contributed by atoms with van der Waals surface area (Å²) in [6.07, 6.45) is 6.51. The van der Waals surface area contributed by atoms with Crippen molar-refractivity contribution in [1.29, 1.82) is 0 Å². The molecule has 0 aromatic heterocycles. The van der Waals surface area contributed by atoms with E-state index in [2.05, 4.69) is 8.57 Å². The maximum absolute atomic E-state index is 12.3. The molecule has 48 heavy (non-hydrogen) atoms. The first kappa shape index (κ1) is 34.9. The van der Waals surface area contributed by atoms with Crippen LogP contribution in [-0.2, 0) is 52.7 Å². The fourth-order valence-electron chi connectivity index (χ4n) is 6.36. The van der Waals surface area contributed by atoms with Crippen molar-refractivity contribution >= 4 is 43.9 Å². The Morgan fingerprint density at radius 2 is 1.02 bits per heavy atom. The molecule has 15 nitrogen and oxygen atoms in total. The third-order valence-electron chi connectivity index (χ3n) is 8.74. The summed E-state index contributed by atoms with van der Waals surface area (Å²) in [5, 5.41) is 0. The third kappa shape index (κ3) is 7.19. The number of fused-ring (bicyclic) bond motifs is 4. The van der Waals surface area contributed by atoms with Crippen LogP contribution in [-0.4, -0.2) is 52.7 Å². The quantitative estimate of drug-likeness (QED) is 0.196. The molecule has 4 bridgehead atoms. The summed E-state index contributed by atoms with van der Waals surface area (Å²) in [6.45, 7) is 3.64. The number of amides is 4. The van der Waals surface area contributed by atoms with Gasteiger partial charge < -0.3 is 16.2 Å². The second-order valence-electron chi connectivity index (χ2n) is 11.9. The normalized spacial score (nSPS) is 28.0. The fourth-order valence-corrected chi connectivity index (χ4v) is 7.88. The van der Waals surface area contributed by atoms with E-state index < -0.39 is 79.7 Å². The number of carbonyl (C=O) groups excluding carboxylic acids is 4. The van der Waals surface area contributed by atoms with E-state index in [1.807, 2.05) is 37.0 Å². The number of aryl methyl sites for hydroxylation is 2. The van der Waals surface area contributed by atoms with Crippen LogP contribution in [0.3, 0.4) is 0 Å². The third-order valence-corrected chi connectivity index (χ3v) is 11.0. The molecule has 2 heterocycles. The fraction of sp³-hybridized carbons (Fsp3) is 0.355. The summed E-state index contributed by atoms with van der Waals surface area (Å²) in [5.74, 6) is -5.98. The topological polar surface area (TPSA) is 240 Å². The molecule has 0 radical (unpaired) electrons. The minimum atomic E-state index is -4.16. The lowest BCUT2D eigenvalue weighted by atomic mass is 9.82. The van der Waals surface area contributed by atoms with E-state index >= 15 is 0 Å². The number of ether oxygens (including phenoxy) is 1. The van der Waals surface area contributed by atoms with E-state index in [9.17, 15) is 36.0 Å². The van der Waals surface area contributed by atoms with Gasteiger partial charge in [0.05, 0.1) is 45.7 Å². The van der Waals surface area contributed by atoms with Crippen LogP contribution in [0.1, 0.15) is 17.5 Å². The van der Waals surface area contributed by atoms with E-state index in [1.165, 1.54) is 24.3 Å². The monoisotopic (exact) mass is 702 g/mol. The predicted octanol–water partition coefficient (Wildman–Crippen LogP) is 0.442. The van der Waals surface area contributed by atoms with E-state index in [1.54, 1.807) is 36.4 Å². The Morgan fingerprint density at radius 3 is 1.46 bits per heavy atom. The molecule has 2 aliphatic carbocycles. The molecular weight excluding hydrogens is 668 g/mol. The van der Waals surface area contributed by atoms with Gasteiger partial charge in [0.2, 0.25) is 17.7 Å². The van der Waals surface area contributed by atoms with Crippen molar-refractivity contribution in [2.75, 3.05) is 0 Å². The number of hydrogen-bond acceptors (Lipinski definition) is 11. The summed E-state index contributed by atoms with van der Waals surface area (Å²) in [7, 11) is -8.28. The lowest BCUT2D eigenvalue weighted by molar-refractivity contribution is -0.138. The Labute approximate surface area is 276 Å². The number of allylic oxidation sites excluding steroid dienone is 2. The summed E-state index contributed by atoms with van der Waals surface area (Å²) in [5.41, 5.74) is 16.4. The molecule has 6 rings (SSSR count). The first-order valence-electron chi connectivity index (χ1n) is 14.8. The van der Waals surface area contributed by atoms with Gasteiger partial charge in [-0.2, -0.15) is 16.8 Å². The van der Waals surface area contributed by atoms with E-state index in [0.29, 0.717) is 6.42 Å². The highest BCUT2D eigenvalue weighted by Gasteiger charge is 2.53. The molecule has 1 saturated carbocycles. The molecule has 256 valence electrons. The summed E-state index contributed by atoms with van der Waals surface area (Å²) in [6, 6.07) is 12.0. The van der Waals surface area contributed by atoms with Crippen LogP contribution in [0.15, 0.2) is 82.6 Å². The van der Waals surface area contributed by atoms with Gasteiger partial charge in [-0.25, -0.2) is 11.0 Å². The van der Waals surface area contributed by atoms with Crippen molar-refractivity contribution < 1.29 is 49.3 Å². The Morgan fingerprint density at radius 1 is 0.625 bits per heavy atom. The van der Waals surface area contributed by atoms with Crippen LogP contribution in [0.4, 0.5) is 0 Å². The minimum Gasteiger partial charge on any atom is -0.369 e. The first-order valence-corrected chi connectivity index (χ1v) is 17.6. The number of carbonyl (C=O) groups is 4. The summed E-state index contributed by atoms with van der Waals surface area (Å²) < 4.78 is 63.0. The molecular formula is C31H34N4O11S2. The lowest BCUT2D eigenvalue weighted by Crippen LogP contribution is -2.45. The Balaban J connectivity index is 0.000000188. The van der Waals surface area contributed by atoms with Gasteiger partial charge in [0, 0.05) is 0 Å². The van der Waals surface area contributed by atoms with Crippen molar-refractivity contribution in [3.05, 3.63) is 84.0 Å². The highest BCUT2D eigenvalue weighted by atomic mass is 32.2. The largest absolute Gasteiger partial charge is 0.369 e. The maximum Gasteiger partial charge on any atom is 0.317 e. The molecule has 0 spiro atoms. The lowest BCUT2D eigenvalue weighted by Gasteiger charge is -2.24.